The number of amides is 1. The van der Waals surface area contributed by atoms with Crippen molar-refractivity contribution in [3.05, 3.63) is 65.4 Å². The lowest BCUT2D eigenvalue weighted by Gasteiger charge is -2.18. The van der Waals surface area contributed by atoms with Gasteiger partial charge in [-0.25, -0.2) is 0 Å². The molecule has 1 amide bonds. The van der Waals surface area contributed by atoms with Gasteiger partial charge in [0, 0.05) is 12.1 Å². The zero-order valence-corrected chi connectivity index (χ0v) is 14.6. The molecule has 0 bridgehead atoms. The molecule has 1 aliphatic rings. The number of rotatable bonds is 6. The van der Waals surface area contributed by atoms with E-state index in [1.807, 2.05) is 18.2 Å². The number of carbonyl (C=O) groups excluding carboxylic acids is 1. The van der Waals surface area contributed by atoms with Gasteiger partial charge in [0.2, 0.25) is 17.7 Å². The second-order valence-corrected chi connectivity index (χ2v) is 6.43. The molecular formula is C19H16ClN3O3. The molecule has 0 radical (unpaired) electrons. The van der Waals surface area contributed by atoms with Crippen LogP contribution in [-0.4, -0.2) is 27.0 Å². The predicted octanol–water partition coefficient (Wildman–Crippen LogP) is 4.19. The number of aromatic nitrogens is 2. The van der Waals surface area contributed by atoms with Crippen molar-refractivity contribution in [1.82, 2.24) is 15.1 Å². The summed E-state index contributed by atoms with van der Waals surface area (Å²) in [4.78, 5) is 14.3. The number of hydrogen-bond donors (Lipinski definition) is 0. The maximum Gasteiger partial charge on any atom is 0.249 e. The molecule has 1 saturated carbocycles. The first-order valence-corrected chi connectivity index (χ1v) is 8.68. The third-order valence-electron chi connectivity index (χ3n) is 4.08. The average Bonchev–Trinajstić information content (AvgIpc) is 3.16. The van der Waals surface area contributed by atoms with Crippen LogP contribution in [0.15, 0.2) is 57.6 Å². The van der Waals surface area contributed by atoms with Crippen molar-refractivity contribution in [3.63, 3.8) is 0 Å². The van der Waals surface area contributed by atoms with Crippen molar-refractivity contribution < 1.29 is 13.6 Å². The summed E-state index contributed by atoms with van der Waals surface area (Å²) in [6.45, 7) is 0.267. The second-order valence-electron chi connectivity index (χ2n) is 6.03. The summed E-state index contributed by atoms with van der Waals surface area (Å²) in [6, 6.07) is 11.0. The van der Waals surface area contributed by atoms with Gasteiger partial charge in [-0.05, 0) is 43.2 Å². The molecule has 0 spiro atoms. The highest BCUT2D eigenvalue weighted by Gasteiger charge is 2.32. The van der Waals surface area contributed by atoms with E-state index in [-0.39, 0.29) is 18.5 Å². The van der Waals surface area contributed by atoms with Gasteiger partial charge in [0.05, 0.1) is 23.4 Å². The van der Waals surface area contributed by atoms with Gasteiger partial charge in [-0.1, -0.05) is 23.7 Å². The summed E-state index contributed by atoms with van der Waals surface area (Å²) in [6.07, 6.45) is 6.68. The van der Waals surface area contributed by atoms with E-state index in [9.17, 15) is 4.79 Å². The van der Waals surface area contributed by atoms with Gasteiger partial charge < -0.3 is 13.7 Å². The average molecular weight is 370 g/mol. The number of benzene rings is 1. The number of nitrogens with zero attached hydrogens (tertiary/aromatic N) is 3. The molecule has 6 nitrogen and oxygen atoms in total. The number of halogens is 1. The Morgan fingerprint density at radius 2 is 2.08 bits per heavy atom. The summed E-state index contributed by atoms with van der Waals surface area (Å²) >= 11 is 6.16. The van der Waals surface area contributed by atoms with Gasteiger partial charge >= 0.3 is 0 Å². The minimum absolute atomic E-state index is 0.110. The van der Waals surface area contributed by atoms with Crippen LogP contribution in [0.25, 0.3) is 17.5 Å². The molecule has 1 fully saturated rings. The minimum Gasteiger partial charge on any atom is -0.465 e. The summed E-state index contributed by atoms with van der Waals surface area (Å²) in [5.41, 5.74) is 0.676. The normalized spacial score (nSPS) is 14.0. The molecule has 132 valence electrons. The molecule has 2 heterocycles. The molecule has 0 aliphatic heterocycles. The molecule has 0 unspecified atom stereocenters. The van der Waals surface area contributed by atoms with Crippen LogP contribution in [0, 0.1) is 0 Å². The third kappa shape index (κ3) is 3.70. The Morgan fingerprint density at radius 3 is 2.81 bits per heavy atom. The van der Waals surface area contributed by atoms with Crippen molar-refractivity contribution in [2.45, 2.75) is 25.4 Å². The maximum atomic E-state index is 12.5. The predicted molar refractivity (Wildman–Crippen MR) is 96.1 cm³/mol. The first-order valence-electron chi connectivity index (χ1n) is 8.30. The Balaban J connectivity index is 1.49. The van der Waals surface area contributed by atoms with E-state index >= 15 is 0 Å². The molecule has 0 saturated heterocycles. The Kier molecular flexibility index (Phi) is 4.58. The quantitative estimate of drug-likeness (QED) is 0.609. The Bertz CT molecular complexity index is 929. The lowest BCUT2D eigenvalue weighted by atomic mass is 10.2. The molecule has 3 aromatic rings. The topological polar surface area (TPSA) is 72.4 Å². The van der Waals surface area contributed by atoms with Crippen LogP contribution >= 0.6 is 11.6 Å². The van der Waals surface area contributed by atoms with Crippen LogP contribution in [0.4, 0.5) is 0 Å². The van der Waals surface area contributed by atoms with Gasteiger partial charge in [0.1, 0.15) is 5.76 Å². The molecule has 4 rings (SSSR count). The molecule has 1 aliphatic carbocycles. The fourth-order valence-electron chi connectivity index (χ4n) is 2.62. The first kappa shape index (κ1) is 16.6. The van der Waals surface area contributed by atoms with Crippen LogP contribution in [0.2, 0.25) is 5.02 Å². The second kappa shape index (κ2) is 7.17. The maximum absolute atomic E-state index is 12.5. The van der Waals surface area contributed by atoms with Gasteiger partial charge in [-0.3, -0.25) is 4.79 Å². The fourth-order valence-corrected chi connectivity index (χ4v) is 2.83. The highest BCUT2D eigenvalue weighted by Crippen LogP contribution is 2.30. The van der Waals surface area contributed by atoms with Crippen molar-refractivity contribution in [3.8, 4) is 11.5 Å². The lowest BCUT2D eigenvalue weighted by Crippen LogP contribution is -2.31. The van der Waals surface area contributed by atoms with Crippen LogP contribution in [0.3, 0.4) is 0 Å². The zero-order valence-electron chi connectivity index (χ0n) is 13.8. The van der Waals surface area contributed by atoms with Crippen LogP contribution in [-0.2, 0) is 11.3 Å². The Labute approximate surface area is 155 Å². The van der Waals surface area contributed by atoms with E-state index in [1.54, 1.807) is 35.4 Å². The highest BCUT2D eigenvalue weighted by atomic mass is 35.5. The monoisotopic (exact) mass is 369 g/mol. The summed E-state index contributed by atoms with van der Waals surface area (Å²) < 4.78 is 10.9. The van der Waals surface area contributed by atoms with E-state index in [2.05, 4.69) is 10.2 Å². The van der Waals surface area contributed by atoms with Crippen molar-refractivity contribution in [2.24, 2.45) is 0 Å². The van der Waals surface area contributed by atoms with E-state index in [0.29, 0.717) is 28.1 Å². The standard InChI is InChI=1S/C19H16ClN3O3/c20-16-6-2-1-5-15(16)19-22-21-17(26-19)12-23(13-7-8-13)18(24)10-9-14-4-3-11-25-14/h1-6,9-11,13H,7-8,12H2. The summed E-state index contributed by atoms with van der Waals surface area (Å²) in [5, 5.41) is 8.66. The van der Waals surface area contributed by atoms with E-state index in [0.717, 1.165) is 12.8 Å². The molecule has 0 atom stereocenters. The van der Waals surface area contributed by atoms with Gasteiger partial charge in [-0.2, -0.15) is 0 Å². The van der Waals surface area contributed by atoms with Crippen LogP contribution < -0.4 is 0 Å². The van der Waals surface area contributed by atoms with E-state index < -0.39 is 0 Å². The van der Waals surface area contributed by atoms with Gasteiger partial charge in [-0.15, -0.1) is 10.2 Å². The van der Waals surface area contributed by atoms with Gasteiger partial charge in [0.25, 0.3) is 0 Å². The largest absolute Gasteiger partial charge is 0.465 e. The Morgan fingerprint density at radius 1 is 1.23 bits per heavy atom. The van der Waals surface area contributed by atoms with Crippen molar-refractivity contribution in [2.75, 3.05) is 0 Å². The molecule has 7 heteroatoms. The molecule has 0 N–H and O–H groups in total. The summed E-state index contributed by atoms with van der Waals surface area (Å²) in [5.74, 6) is 1.25. The number of carbonyl (C=O) groups is 1. The number of furan rings is 1. The highest BCUT2D eigenvalue weighted by molar-refractivity contribution is 6.33. The van der Waals surface area contributed by atoms with Crippen molar-refractivity contribution in [1.29, 1.82) is 0 Å². The molecule has 1 aromatic carbocycles. The minimum atomic E-state index is -0.110. The molecule has 26 heavy (non-hydrogen) atoms. The van der Waals surface area contributed by atoms with E-state index in [1.165, 1.54) is 6.08 Å². The zero-order chi connectivity index (χ0) is 17.9. The number of hydrogen-bond acceptors (Lipinski definition) is 5. The third-order valence-corrected chi connectivity index (χ3v) is 4.41. The fraction of sp³-hybridized carbons (Fsp3) is 0.211. The Hall–Kier alpha value is -2.86. The molecular weight excluding hydrogens is 354 g/mol. The summed E-state index contributed by atoms with van der Waals surface area (Å²) in [7, 11) is 0. The first-order chi connectivity index (χ1) is 12.7. The smallest absolute Gasteiger partial charge is 0.249 e. The van der Waals surface area contributed by atoms with Gasteiger partial charge in [0.15, 0.2) is 0 Å². The van der Waals surface area contributed by atoms with E-state index in [4.69, 9.17) is 20.4 Å². The SMILES string of the molecule is O=C(C=Cc1ccco1)N(Cc1nnc(-c2ccccc2Cl)o1)C1CC1. The lowest BCUT2D eigenvalue weighted by molar-refractivity contribution is -0.127. The van der Waals surface area contributed by atoms with Crippen molar-refractivity contribution >= 4 is 23.6 Å². The molecule has 2 aromatic heterocycles. The van der Waals surface area contributed by atoms with Crippen LogP contribution in [0.5, 0.6) is 0 Å². The van der Waals surface area contributed by atoms with Crippen LogP contribution in [0.1, 0.15) is 24.5 Å².